The number of hydrogen-bond donors (Lipinski definition) is 1. The van der Waals surface area contributed by atoms with E-state index in [2.05, 4.69) is 4.98 Å². The highest BCUT2D eigenvalue weighted by Crippen LogP contribution is 2.07. The van der Waals surface area contributed by atoms with Crippen molar-refractivity contribution in [1.29, 1.82) is 0 Å². The Kier molecular flexibility index (Phi) is 4.85. The molecule has 5 nitrogen and oxygen atoms in total. The lowest BCUT2D eigenvalue weighted by molar-refractivity contribution is 0.268. The SMILES string of the molecule is CS(=O)(=O)N(CCCO)Cc1cccnc1. The molecule has 0 saturated carbocycles. The van der Waals surface area contributed by atoms with Crippen LogP contribution in [0.4, 0.5) is 0 Å². The molecule has 1 N–H and O–H groups in total. The molecule has 1 aromatic heterocycles. The van der Waals surface area contributed by atoms with Gasteiger partial charge in [0.25, 0.3) is 0 Å². The summed E-state index contributed by atoms with van der Waals surface area (Å²) >= 11 is 0. The van der Waals surface area contributed by atoms with Crippen LogP contribution in [0.25, 0.3) is 0 Å². The van der Waals surface area contributed by atoms with Crippen LogP contribution < -0.4 is 0 Å². The quantitative estimate of drug-likeness (QED) is 0.777. The van der Waals surface area contributed by atoms with Gasteiger partial charge in [0.1, 0.15) is 0 Å². The molecule has 16 heavy (non-hydrogen) atoms. The van der Waals surface area contributed by atoms with E-state index in [4.69, 9.17) is 5.11 Å². The maximum Gasteiger partial charge on any atom is 0.211 e. The smallest absolute Gasteiger partial charge is 0.211 e. The van der Waals surface area contributed by atoms with Gasteiger partial charge in [-0.1, -0.05) is 6.07 Å². The molecule has 0 amide bonds. The molecular weight excluding hydrogens is 228 g/mol. The van der Waals surface area contributed by atoms with E-state index in [1.807, 2.05) is 6.07 Å². The van der Waals surface area contributed by atoms with E-state index in [0.717, 1.165) is 5.56 Å². The third-order valence-electron chi connectivity index (χ3n) is 2.12. The second-order valence-electron chi connectivity index (χ2n) is 3.53. The van der Waals surface area contributed by atoms with Crippen molar-refractivity contribution in [2.75, 3.05) is 19.4 Å². The maximum atomic E-state index is 11.5. The lowest BCUT2D eigenvalue weighted by Crippen LogP contribution is -2.31. The minimum absolute atomic E-state index is 0.0148. The number of sulfonamides is 1. The van der Waals surface area contributed by atoms with E-state index >= 15 is 0 Å². The van der Waals surface area contributed by atoms with Crippen molar-refractivity contribution < 1.29 is 13.5 Å². The van der Waals surface area contributed by atoms with Gasteiger partial charge in [0, 0.05) is 32.1 Å². The second-order valence-corrected chi connectivity index (χ2v) is 5.52. The van der Waals surface area contributed by atoms with Gasteiger partial charge in [-0.05, 0) is 18.1 Å². The lowest BCUT2D eigenvalue weighted by Gasteiger charge is -2.19. The molecule has 0 saturated heterocycles. The Morgan fingerprint density at radius 1 is 1.50 bits per heavy atom. The summed E-state index contributed by atoms with van der Waals surface area (Å²) in [6.45, 7) is 0.607. The molecule has 0 fully saturated rings. The van der Waals surface area contributed by atoms with Gasteiger partial charge in [0.05, 0.1) is 6.26 Å². The van der Waals surface area contributed by atoms with Crippen LogP contribution in [0, 0.1) is 0 Å². The summed E-state index contributed by atoms with van der Waals surface area (Å²) in [5, 5.41) is 8.71. The Morgan fingerprint density at radius 3 is 2.75 bits per heavy atom. The van der Waals surface area contributed by atoms with Crippen molar-refractivity contribution in [2.24, 2.45) is 0 Å². The molecule has 0 radical (unpaired) electrons. The summed E-state index contributed by atoms with van der Waals surface area (Å²) in [7, 11) is -3.24. The molecule has 0 atom stereocenters. The predicted octanol–water partition coefficient (Wildman–Crippen LogP) is 0.226. The fraction of sp³-hybridized carbons (Fsp3) is 0.500. The van der Waals surface area contributed by atoms with Crippen LogP contribution in [0.15, 0.2) is 24.5 Å². The number of aromatic nitrogens is 1. The van der Waals surface area contributed by atoms with Crippen LogP contribution in [0.3, 0.4) is 0 Å². The molecule has 0 bridgehead atoms. The minimum atomic E-state index is -3.24. The van der Waals surface area contributed by atoms with Gasteiger partial charge < -0.3 is 5.11 Å². The highest BCUT2D eigenvalue weighted by Gasteiger charge is 2.16. The van der Waals surface area contributed by atoms with Gasteiger partial charge in [0.2, 0.25) is 10.0 Å². The largest absolute Gasteiger partial charge is 0.396 e. The third kappa shape index (κ3) is 4.26. The zero-order chi connectivity index (χ0) is 12.0. The van der Waals surface area contributed by atoms with Crippen molar-refractivity contribution in [1.82, 2.24) is 9.29 Å². The van der Waals surface area contributed by atoms with E-state index in [9.17, 15) is 8.42 Å². The number of nitrogens with zero attached hydrogens (tertiary/aromatic N) is 2. The van der Waals surface area contributed by atoms with E-state index in [0.29, 0.717) is 19.5 Å². The van der Waals surface area contributed by atoms with Crippen molar-refractivity contribution in [3.05, 3.63) is 30.1 Å². The summed E-state index contributed by atoms with van der Waals surface area (Å²) < 4.78 is 24.3. The molecule has 0 aliphatic heterocycles. The maximum absolute atomic E-state index is 11.5. The Hall–Kier alpha value is -0.980. The highest BCUT2D eigenvalue weighted by molar-refractivity contribution is 7.88. The first-order valence-corrected chi connectivity index (χ1v) is 6.84. The van der Waals surface area contributed by atoms with Crippen LogP contribution >= 0.6 is 0 Å². The monoisotopic (exact) mass is 244 g/mol. The predicted molar refractivity (Wildman–Crippen MR) is 61.2 cm³/mol. The van der Waals surface area contributed by atoms with Crippen molar-refractivity contribution in [2.45, 2.75) is 13.0 Å². The van der Waals surface area contributed by atoms with Gasteiger partial charge in [-0.2, -0.15) is 4.31 Å². The molecule has 1 heterocycles. The Labute approximate surface area is 95.8 Å². The normalized spacial score (nSPS) is 11.9. The van der Waals surface area contributed by atoms with Gasteiger partial charge in [-0.25, -0.2) is 8.42 Å². The first-order valence-electron chi connectivity index (χ1n) is 4.99. The molecule has 0 aliphatic rings. The average Bonchev–Trinajstić information content (AvgIpc) is 2.24. The summed E-state index contributed by atoms with van der Waals surface area (Å²) in [5.74, 6) is 0. The number of aliphatic hydroxyl groups is 1. The number of rotatable bonds is 6. The fourth-order valence-corrected chi connectivity index (χ4v) is 2.15. The average molecular weight is 244 g/mol. The van der Waals surface area contributed by atoms with E-state index in [1.165, 1.54) is 10.6 Å². The van der Waals surface area contributed by atoms with Gasteiger partial charge in [0.15, 0.2) is 0 Å². The molecule has 1 aromatic rings. The first kappa shape index (κ1) is 13.1. The molecule has 90 valence electrons. The molecule has 0 aromatic carbocycles. The molecule has 6 heteroatoms. The number of aliphatic hydroxyl groups excluding tert-OH is 1. The molecule has 0 unspecified atom stereocenters. The molecule has 0 spiro atoms. The number of pyridine rings is 1. The first-order chi connectivity index (χ1) is 7.54. The molecule has 1 rings (SSSR count). The lowest BCUT2D eigenvalue weighted by atomic mass is 10.3. The summed E-state index contributed by atoms with van der Waals surface area (Å²) in [6, 6.07) is 3.59. The summed E-state index contributed by atoms with van der Waals surface area (Å²) in [4.78, 5) is 3.93. The van der Waals surface area contributed by atoms with Gasteiger partial charge in [-0.15, -0.1) is 0 Å². The van der Waals surface area contributed by atoms with Crippen LogP contribution in [0.1, 0.15) is 12.0 Å². The topological polar surface area (TPSA) is 70.5 Å². The van der Waals surface area contributed by atoms with E-state index in [1.54, 1.807) is 18.5 Å². The summed E-state index contributed by atoms with van der Waals surface area (Å²) in [6.07, 6.45) is 4.88. The Balaban J connectivity index is 2.72. The Bertz CT molecular complexity index is 405. The van der Waals surface area contributed by atoms with Gasteiger partial charge in [-0.3, -0.25) is 4.98 Å². The van der Waals surface area contributed by atoms with Crippen LogP contribution in [-0.2, 0) is 16.6 Å². The van der Waals surface area contributed by atoms with E-state index < -0.39 is 10.0 Å². The standard InChI is InChI=1S/C10H16N2O3S/c1-16(14,15)12(6-3-7-13)9-10-4-2-5-11-8-10/h2,4-5,8,13H,3,6-7,9H2,1H3. The van der Waals surface area contributed by atoms with Crippen LogP contribution in [-0.4, -0.2) is 42.2 Å². The molecular formula is C10H16N2O3S. The van der Waals surface area contributed by atoms with Gasteiger partial charge >= 0.3 is 0 Å². The Morgan fingerprint density at radius 2 is 2.25 bits per heavy atom. The van der Waals surface area contributed by atoms with Crippen molar-refractivity contribution in [3.8, 4) is 0 Å². The zero-order valence-electron chi connectivity index (χ0n) is 9.20. The van der Waals surface area contributed by atoms with Crippen LogP contribution in [0.5, 0.6) is 0 Å². The minimum Gasteiger partial charge on any atom is -0.396 e. The summed E-state index contributed by atoms with van der Waals surface area (Å²) in [5.41, 5.74) is 0.839. The van der Waals surface area contributed by atoms with E-state index in [-0.39, 0.29) is 6.61 Å². The van der Waals surface area contributed by atoms with Crippen molar-refractivity contribution >= 4 is 10.0 Å². The zero-order valence-corrected chi connectivity index (χ0v) is 10.0. The second kappa shape index (κ2) is 5.93. The van der Waals surface area contributed by atoms with Crippen LogP contribution in [0.2, 0.25) is 0 Å². The fourth-order valence-electron chi connectivity index (χ4n) is 1.30. The van der Waals surface area contributed by atoms with Crippen molar-refractivity contribution in [3.63, 3.8) is 0 Å². The third-order valence-corrected chi connectivity index (χ3v) is 3.37. The highest BCUT2D eigenvalue weighted by atomic mass is 32.2. The number of hydrogen-bond acceptors (Lipinski definition) is 4. The molecule has 0 aliphatic carbocycles.